The molecule has 4 heteroatoms. The third-order valence-electron chi connectivity index (χ3n) is 2.60. The van der Waals surface area contributed by atoms with Gasteiger partial charge in [0.1, 0.15) is 5.75 Å². The van der Waals surface area contributed by atoms with Gasteiger partial charge in [-0.3, -0.25) is 0 Å². The van der Waals surface area contributed by atoms with E-state index in [-0.39, 0.29) is 5.57 Å². The Hall–Kier alpha value is -1.48. The van der Waals surface area contributed by atoms with Gasteiger partial charge in [0.05, 0.1) is 19.8 Å². The topological polar surface area (TPSA) is 35.5 Å². The molecule has 0 radical (unpaired) electrons. The number of carbonyl (C=O) groups excluding carboxylic acids is 1. The van der Waals surface area contributed by atoms with E-state index in [9.17, 15) is 4.79 Å². The molecule has 1 aromatic rings. The summed E-state index contributed by atoms with van der Waals surface area (Å²) in [4.78, 5) is 11.5. The maximum absolute atomic E-state index is 11.5. The zero-order chi connectivity index (χ0) is 13.2. The van der Waals surface area contributed by atoms with E-state index in [1.165, 1.54) is 14.2 Å². The molecule has 0 atom stereocenters. The molecule has 17 heavy (non-hydrogen) atoms. The molecule has 0 spiro atoms. The van der Waals surface area contributed by atoms with Crippen LogP contribution in [0.4, 0.5) is 0 Å². The van der Waals surface area contributed by atoms with Gasteiger partial charge in [-0.2, -0.15) is 0 Å². The lowest BCUT2D eigenvalue weighted by molar-refractivity contribution is -0.133. The minimum Gasteiger partial charge on any atom is -0.496 e. The van der Waals surface area contributed by atoms with E-state index in [4.69, 9.17) is 16.3 Å². The lowest BCUT2D eigenvalue weighted by Crippen LogP contribution is -2.06. The van der Waals surface area contributed by atoms with Gasteiger partial charge in [-0.25, -0.2) is 4.79 Å². The van der Waals surface area contributed by atoms with Crippen LogP contribution < -0.4 is 4.74 Å². The maximum Gasteiger partial charge on any atom is 0.338 e. The standard InChI is InChI=1S/C13H15ClO3/c1-7-6-10(16-4)11(8(2)12(7)14)9(3)13(15)17-5/h6H,3H2,1-2,4-5H3. The first-order chi connectivity index (χ1) is 7.93. The van der Waals surface area contributed by atoms with Gasteiger partial charge >= 0.3 is 5.97 Å². The van der Waals surface area contributed by atoms with Gasteiger partial charge < -0.3 is 9.47 Å². The molecule has 92 valence electrons. The Morgan fingerprint density at radius 3 is 2.41 bits per heavy atom. The van der Waals surface area contributed by atoms with Gasteiger partial charge in [-0.1, -0.05) is 18.2 Å². The second kappa shape index (κ2) is 5.23. The van der Waals surface area contributed by atoms with Crippen LogP contribution in [0.5, 0.6) is 5.75 Å². The number of carbonyl (C=O) groups is 1. The molecule has 0 amide bonds. The SMILES string of the molecule is C=C(C(=O)OC)c1c(OC)cc(C)c(Cl)c1C. The predicted octanol–water partition coefficient (Wildman–Crippen LogP) is 3.15. The summed E-state index contributed by atoms with van der Waals surface area (Å²) in [5, 5.41) is 0.603. The molecule has 3 nitrogen and oxygen atoms in total. The van der Waals surface area contributed by atoms with Gasteiger partial charge in [0.15, 0.2) is 0 Å². The van der Waals surface area contributed by atoms with Gasteiger partial charge in [0.2, 0.25) is 0 Å². The van der Waals surface area contributed by atoms with Crippen molar-refractivity contribution in [2.45, 2.75) is 13.8 Å². The van der Waals surface area contributed by atoms with E-state index in [1.807, 2.05) is 13.8 Å². The van der Waals surface area contributed by atoms with Crippen LogP contribution in [0.25, 0.3) is 5.57 Å². The highest BCUT2D eigenvalue weighted by molar-refractivity contribution is 6.33. The first kappa shape index (κ1) is 13.6. The Balaban J connectivity index is 3.46. The fraction of sp³-hybridized carbons (Fsp3) is 0.308. The quantitative estimate of drug-likeness (QED) is 0.614. The zero-order valence-corrected chi connectivity index (χ0v) is 11.1. The molecular weight excluding hydrogens is 240 g/mol. The number of hydrogen-bond acceptors (Lipinski definition) is 3. The fourth-order valence-corrected chi connectivity index (χ4v) is 1.83. The van der Waals surface area contributed by atoms with Crippen molar-refractivity contribution in [3.63, 3.8) is 0 Å². The summed E-state index contributed by atoms with van der Waals surface area (Å²) >= 11 is 6.15. The molecule has 0 unspecified atom stereocenters. The fourth-order valence-electron chi connectivity index (χ4n) is 1.68. The molecule has 0 aliphatic carbocycles. The number of aryl methyl sites for hydroxylation is 1. The van der Waals surface area contributed by atoms with Crippen molar-refractivity contribution in [1.29, 1.82) is 0 Å². The van der Waals surface area contributed by atoms with Crippen molar-refractivity contribution in [1.82, 2.24) is 0 Å². The zero-order valence-electron chi connectivity index (χ0n) is 10.4. The van der Waals surface area contributed by atoms with Gasteiger partial charge in [-0.15, -0.1) is 0 Å². The van der Waals surface area contributed by atoms with Crippen molar-refractivity contribution in [3.05, 3.63) is 34.4 Å². The second-order valence-electron chi connectivity index (χ2n) is 3.68. The molecule has 0 aromatic heterocycles. The molecule has 0 N–H and O–H groups in total. The summed E-state index contributed by atoms with van der Waals surface area (Å²) in [6, 6.07) is 1.78. The summed E-state index contributed by atoms with van der Waals surface area (Å²) in [6.45, 7) is 7.42. The highest BCUT2D eigenvalue weighted by Crippen LogP contribution is 2.35. The van der Waals surface area contributed by atoms with Crippen LogP contribution in [0.2, 0.25) is 5.02 Å². The van der Waals surface area contributed by atoms with Gasteiger partial charge in [0.25, 0.3) is 0 Å². The number of rotatable bonds is 3. The minimum atomic E-state index is -0.494. The average molecular weight is 255 g/mol. The van der Waals surface area contributed by atoms with E-state index in [1.54, 1.807) is 6.07 Å². The molecule has 0 bridgehead atoms. The monoisotopic (exact) mass is 254 g/mol. The Kier molecular flexibility index (Phi) is 4.18. The summed E-state index contributed by atoms with van der Waals surface area (Å²) in [5.41, 5.74) is 2.49. The molecule has 0 aliphatic heterocycles. The third kappa shape index (κ3) is 2.44. The molecule has 0 saturated heterocycles. The summed E-state index contributed by atoms with van der Waals surface area (Å²) in [6.07, 6.45) is 0. The van der Waals surface area contributed by atoms with Crippen LogP contribution in [0, 0.1) is 13.8 Å². The van der Waals surface area contributed by atoms with Crippen LogP contribution in [-0.2, 0) is 9.53 Å². The first-order valence-corrected chi connectivity index (χ1v) is 5.43. The van der Waals surface area contributed by atoms with E-state index in [0.717, 1.165) is 11.1 Å². The summed E-state index contributed by atoms with van der Waals surface area (Å²) in [7, 11) is 2.85. The molecular formula is C13H15ClO3. The van der Waals surface area contributed by atoms with Gasteiger partial charge in [0, 0.05) is 10.6 Å². The van der Waals surface area contributed by atoms with Crippen LogP contribution in [0.15, 0.2) is 12.6 Å². The Bertz CT molecular complexity index is 478. The van der Waals surface area contributed by atoms with Crippen LogP contribution in [-0.4, -0.2) is 20.2 Å². The number of methoxy groups -OCH3 is 2. The smallest absolute Gasteiger partial charge is 0.338 e. The number of esters is 1. The van der Waals surface area contributed by atoms with E-state index in [0.29, 0.717) is 16.3 Å². The van der Waals surface area contributed by atoms with E-state index in [2.05, 4.69) is 11.3 Å². The average Bonchev–Trinajstić information content (AvgIpc) is 2.33. The molecule has 1 rings (SSSR count). The van der Waals surface area contributed by atoms with Crippen molar-refractivity contribution in [2.24, 2.45) is 0 Å². The molecule has 0 aliphatic rings. The molecule has 0 saturated carbocycles. The van der Waals surface area contributed by atoms with Crippen LogP contribution >= 0.6 is 11.6 Å². The Morgan fingerprint density at radius 1 is 1.35 bits per heavy atom. The first-order valence-electron chi connectivity index (χ1n) is 5.05. The number of hydrogen-bond donors (Lipinski definition) is 0. The highest BCUT2D eigenvalue weighted by atomic mass is 35.5. The van der Waals surface area contributed by atoms with E-state index >= 15 is 0 Å². The normalized spacial score (nSPS) is 9.94. The van der Waals surface area contributed by atoms with Gasteiger partial charge in [-0.05, 0) is 31.0 Å². The molecule has 0 fully saturated rings. The highest BCUT2D eigenvalue weighted by Gasteiger charge is 2.20. The largest absolute Gasteiger partial charge is 0.496 e. The van der Waals surface area contributed by atoms with Crippen molar-refractivity contribution in [2.75, 3.05) is 14.2 Å². The third-order valence-corrected chi connectivity index (χ3v) is 3.18. The van der Waals surface area contributed by atoms with Crippen molar-refractivity contribution >= 4 is 23.1 Å². The summed E-state index contributed by atoms with van der Waals surface area (Å²) < 4.78 is 9.90. The minimum absolute atomic E-state index is 0.240. The van der Waals surface area contributed by atoms with Crippen LogP contribution in [0.3, 0.4) is 0 Å². The van der Waals surface area contributed by atoms with E-state index < -0.39 is 5.97 Å². The lowest BCUT2D eigenvalue weighted by Gasteiger charge is -2.15. The number of halogens is 1. The Morgan fingerprint density at radius 2 is 1.94 bits per heavy atom. The van der Waals surface area contributed by atoms with Crippen LogP contribution in [0.1, 0.15) is 16.7 Å². The van der Waals surface area contributed by atoms with Crippen molar-refractivity contribution in [3.8, 4) is 5.75 Å². The Labute approximate surface area is 106 Å². The number of ether oxygens (including phenoxy) is 2. The lowest BCUT2D eigenvalue weighted by atomic mass is 9.98. The molecule has 0 heterocycles. The maximum atomic E-state index is 11.5. The second-order valence-corrected chi connectivity index (χ2v) is 4.06. The number of benzene rings is 1. The summed E-state index contributed by atoms with van der Waals surface area (Å²) in [5.74, 6) is 0.0751. The molecule has 1 aromatic carbocycles. The predicted molar refractivity (Wildman–Crippen MR) is 68.5 cm³/mol. The van der Waals surface area contributed by atoms with Crippen molar-refractivity contribution < 1.29 is 14.3 Å².